The van der Waals surface area contributed by atoms with E-state index in [9.17, 15) is 9.50 Å². The van der Waals surface area contributed by atoms with Gasteiger partial charge in [-0.3, -0.25) is 0 Å². The predicted molar refractivity (Wildman–Crippen MR) is 63.7 cm³/mol. The molecule has 4 heteroatoms. The molecule has 0 amide bonds. The SMILES string of the molecule is CC(O)CC(C)NCc1cc(F)ccc1C#N. The van der Waals surface area contributed by atoms with Crippen molar-refractivity contribution in [2.24, 2.45) is 0 Å². The molecule has 0 radical (unpaired) electrons. The molecular weight excluding hydrogens is 219 g/mol. The molecule has 3 nitrogen and oxygen atoms in total. The number of hydrogen-bond donors (Lipinski definition) is 2. The zero-order valence-electron chi connectivity index (χ0n) is 10.1. The van der Waals surface area contributed by atoms with Crippen LogP contribution in [0.15, 0.2) is 18.2 Å². The number of benzene rings is 1. The highest BCUT2D eigenvalue weighted by atomic mass is 19.1. The third-order valence-electron chi connectivity index (χ3n) is 2.52. The van der Waals surface area contributed by atoms with Crippen molar-refractivity contribution in [2.75, 3.05) is 0 Å². The van der Waals surface area contributed by atoms with Crippen LogP contribution in [0.3, 0.4) is 0 Å². The summed E-state index contributed by atoms with van der Waals surface area (Å²) < 4.78 is 13.0. The summed E-state index contributed by atoms with van der Waals surface area (Å²) >= 11 is 0. The van der Waals surface area contributed by atoms with Gasteiger partial charge in [-0.2, -0.15) is 5.26 Å². The summed E-state index contributed by atoms with van der Waals surface area (Å²) in [5.41, 5.74) is 1.12. The van der Waals surface area contributed by atoms with Crippen molar-refractivity contribution in [3.8, 4) is 6.07 Å². The molecule has 0 bridgehead atoms. The van der Waals surface area contributed by atoms with Gasteiger partial charge in [0.05, 0.1) is 17.7 Å². The summed E-state index contributed by atoms with van der Waals surface area (Å²) in [6.07, 6.45) is 0.248. The van der Waals surface area contributed by atoms with E-state index in [4.69, 9.17) is 5.26 Å². The molecule has 0 fully saturated rings. The fraction of sp³-hybridized carbons (Fsp3) is 0.462. The zero-order chi connectivity index (χ0) is 12.8. The van der Waals surface area contributed by atoms with E-state index >= 15 is 0 Å². The number of nitriles is 1. The van der Waals surface area contributed by atoms with Crippen molar-refractivity contribution in [3.63, 3.8) is 0 Å². The van der Waals surface area contributed by atoms with Gasteiger partial charge in [0.2, 0.25) is 0 Å². The van der Waals surface area contributed by atoms with E-state index in [1.165, 1.54) is 18.2 Å². The first-order valence-electron chi connectivity index (χ1n) is 5.63. The summed E-state index contributed by atoms with van der Waals surface area (Å²) in [4.78, 5) is 0. The fourth-order valence-corrected chi connectivity index (χ4v) is 1.70. The monoisotopic (exact) mass is 236 g/mol. The van der Waals surface area contributed by atoms with Gasteiger partial charge >= 0.3 is 0 Å². The van der Waals surface area contributed by atoms with Gasteiger partial charge in [-0.05, 0) is 44.0 Å². The first-order chi connectivity index (χ1) is 8.02. The van der Waals surface area contributed by atoms with Gasteiger partial charge in [-0.1, -0.05) is 0 Å². The topological polar surface area (TPSA) is 56.0 Å². The summed E-state index contributed by atoms with van der Waals surface area (Å²) in [5, 5.41) is 21.2. The van der Waals surface area contributed by atoms with Crippen molar-refractivity contribution >= 4 is 0 Å². The van der Waals surface area contributed by atoms with E-state index in [0.717, 1.165) is 0 Å². The van der Waals surface area contributed by atoms with Gasteiger partial charge in [-0.25, -0.2) is 4.39 Å². The molecule has 0 saturated heterocycles. The fourth-order valence-electron chi connectivity index (χ4n) is 1.70. The molecule has 0 saturated carbocycles. The Bertz CT molecular complexity index is 412. The lowest BCUT2D eigenvalue weighted by atomic mass is 10.1. The lowest BCUT2D eigenvalue weighted by Crippen LogP contribution is -2.29. The minimum Gasteiger partial charge on any atom is -0.393 e. The van der Waals surface area contributed by atoms with Crippen LogP contribution in [0.1, 0.15) is 31.4 Å². The van der Waals surface area contributed by atoms with Gasteiger partial charge < -0.3 is 10.4 Å². The quantitative estimate of drug-likeness (QED) is 0.821. The standard InChI is InChI=1S/C13H17FN2O/c1-9(5-10(2)17)16-8-12-6-13(14)4-3-11(12)7-15/h3-4,6,9-10,16-17H,5,8H2,1-2H3. The Kier molecular flexibility index (Phi) is 5.08. The second kappa shape index (κ2) is 6.33. The highest BCUT2D eigenvalue weighted by Gasteiger charge is 2.08. The maximum atomic E-state index is 13.0. The third kappa shape index (κ3) is 4.51. The lowest BCUT2D eigenvalue weighted by molar-refractivity contribution is 0.170. The Balaban J connectivity index is 2.63. The molecule has 17 heavy (non-hydrogen) atoms. The van der Waals surface area contributed by atoms with Crippen molar-refractivity contribution in [1.82, 2.24) is 5.32 Å². The molecule has 0 heterocycles. The molecular formula is C13H17FN2O. The van der Waals surface area contributed by atoms with Crippen molar-refractivity contribution in [1.29, 1.82) is 5.26 Å². The second-order valence-corrected chi connectivity index (χ2v) is 4.28. The Morgan fingerprint density at radius 1 is 1.47 bits per heavy atom. The molecule has 1 aromatic rings. The minimum absolute atomic E-state index is 0.116. The van der Waals surface area contributed by atoms with Crippen LogP contribution in [0, 0.1) is 17.1 Å². The number of halogens is 1. The number of nitrogens with zero attached hydrogens (tertiary/aromatic N) is 1. The Hall–Kier alpha value is -1.44. The summed E-state index contributed by atoms with van der Waals surface area (Å²) in [5.74, 6) is -0.344. The van der Waals surface area contributed by atoms with Crippen molar-refractivity contribution in [3.05, 3.63) is 35.1 Å². The number of aliphatic hydroxyl groups excluding tert-OH is 1. The smallest absolute Gasteiger partial charge is 0.123 e. The molecule has 2 unspecified atom stereocenters. The maximum Gasteiger partial charge on any atom is 0.123 e. The number of hydrogen-bond acceptors (Lipinski definition) is 3. The van der Waals surface area contributed by atoms with Crippen LogP contribution in [-0.2, 0) is 6.54 Å². The second-order valence-electron chi connectivity index (χ2n) is 4.28. The normalized spacial score (nSPS) is 14.1. The van der Waals surface area contributed by atoms with E-state index < -0.39 is 0 Å². The summed E-state index contributed by atoms with van der Waals surface area (Å²) in [6, 6.07) is 6.27. The minimum atomic E-state index is -0.375. The predicted octanol–water partition coefficient (Wildman–Crippen LogP) is 1.95. The molecule has 2 atom stereocenters. The van der Waals surface area contributed by atoms with E-state index in [1.54, 1.807) is 6.92 Å². The average Bonchev–Trinajstić information content (AvgIpc) is 2.25. The van der Waals surface area contributed by atoms with E-state index in [-0.39, 0.29) is 18.0 Å². The Morgan fingerprint density at radius 3 is 2.76 bits per heavy atom. The van der Waals surface area contributed by atoms with Gasteiger partial charge in [0, 0.05) is 12.6 Å². The van der Waals surface area contributed by atoms with E-state index in [1.807, 2.05) is 13.0 Å². The van der Waals surface area contributed by atoms with Crippen LogP contribution in [0.2, 0.25) is 0 Å². The maximum absolute atomic E-state index is 13.0. The molecule has 1 rings (SSSR count). The van der Waals surface area contributed by atoms with Crippen LogP contribution >= 0.6 is 0 Å². The molecule has 0 aromatic heterocycles. The zero-order valence-corrected chi connectivity index (χ0v) is 10.1. The number of rotatable bonds is 5. The molecule has 0 aliphatic heterocycles. The molecule has 0 aliphatic rings. The van der Waals surface area contributed by atoms with Crippen molar-refractivity contribution in [2.45, 2.75) is 39.0 Å². The average molecular weight is 236 g/mol. The number of nitrogens with one attached hydrogen (secondary N) is 1. The largest absolute Gasteiger partial charge is 0.393 e. The summed E-state index contributed by atoms with van der Waals surface area (Å²) in [6.45, 7) is 4.09. The Morgan fingerprint density at radius 2 is 2.18 bits per heavy atom. The van der Waals surface area contributed by atoms with Gasteiger partial charge in [0.1, 0.15) is 5.82 Å². The molecule has 2 N–H and O–H groups in total. The molecule has 92 valence electrons. The van der Waals surface area contributed by atoms with Crippen molar-refractivity contribution < 1.29 is 9.50 Å². The first-order valence-corrected chi connectivity index (χ1v) is 5.63. The molecule has 0 spiro atoms. The Labute approximate surface area is 101 Å². The van der Waals surface area contributed by atoms with Crippen LogP contribution < -0.4 is 5.32 Å². The highest BCUT2D eigenvalue weighted by molar-refractivity contribution is 5.37. The summed E-state index contributed by atoms with van der Waals surface area (Å²) in [7, 11) is 0. The van der Waals surface area contributed by atoms with Gasteiger partial charge in [-0.15, -0.1) is 0 Å². The van der Waals surface area contributed by atoms with E-state index in [0.29, 0.717) is 24.1 Å². The van der Waals surface area contributed by atoms with E-state index in [2.05, 4.69) is 5.32 Å². The van der Waals surface area contributed by atoms with Crippen LogP contribution in [-0.4, -0.2) is 17.3 Å². The van der Waals surface area contributed by atoms with Crippen LogP contribution in [0.5, 0.6) is 0 Å². The third-order valence-corrected chi connectivity index (χ3v) is 2.52. The van der Waals surface area contributed by atoms with Crippen LogP contribution in [0.4, 0.5) is 4.39 Å². The van der Waals surface area contributed by atoms with Crippen LogP contribution in [0.25, 0.3) is 0 Å². The number of aliphatic hydroxyl groups is 1. The molecule has 1 aromatic carbocycles. The van der Waals surface area contributed by atoms with Gasteiger partial charge in [0.25, 0.3) is 0 Å². The first kappa shape index (κ1) is 13.6. The lowest BCUT2D eigenvalue weighted by Gasteiger charge is -2.15. The highest BCUT2D eigenvalue weighted by Crippen LogP contribution is 2.11. The molecule has 0 aliphatic carbocycles. The van der Waals surface area contributed by atoms with Gasteiger partial charge in [0.15, 0.2) is 0 Å².